The molecule has 21 heavy (non-hydrogen) atoms. The molecule has 1 atom stereocenters. The second-order valence-corrected chi connectivity index (χ2v) is 6.21. The summed E-state index contributed by atoms with van der Waals surface area (Å²) in [5.74, 6) is -0.147. The van der Waals surface area contributed by atoms with Gasteiger partial charge in [0, 0.05) is 11.6 Å². The molecule has 2 nitrogen and oxygen atoms in total. The van der Waals surface area contributed by atoms with Crippen LogP contribution in [0.5, 0.6) is 0 Å². The summed E-state index contributed by atoms with van der Waals surface area (Å²) in [7, 11) is 0. The maximum atomic E-state index is 13.5. The smallest absolute Gasteiger partial charge is 0.123 e. The Morgan fingerprint density at radius 3 is 2.33 bits per heavy atom. The molecule has 0 radical (unpaired) electrons. The minimum absolute atomic E-state index is 0.0261. The molecule has 0 heterocycles. The molecular formula is C18H31FN2. The third-order valence-corrected chi connectivity index (χ3v) is 4.62. The molecule has 0 aromatic heterocycles. The number of likely N-dealkylation sites (N-methyl/N-ethyl adjacent to an activating group) is 2. The minimum atomic E-state index is -0.147. The molecule has 0 saturated heterocycles. The highest BCUT2D eigenvalue weighted by Gasteiger charge is 2.33. The Balaban J connectivity index is 3.03. The van der Waals surface area contributed by atoms with Gasteiger partial charge in [-0.1, -0.05) is 26.8 Å². The van der Waals surface area contributed by atoms with Gasteiger partial charge in [0.1, 0.15) is 5.82 Å². The van der Waals surface area contributed by atoms with Gasteiger partial charge in [-0.05, 0) is 70.1 Å². The van der Waals surface area contributed by atoms with Crippen molar-refractivity contribution in [1.82, 2.24) is 10.2 Å². The average molecular weight is 294 g/mol. The van der Waals surface area contributed by atoms with Gasteiger partial charge in [-0.2, -0.15) is 0 Å². The highest BCUT2D eigenvalue weighted by atomic mass is 19.1. The van der Waals surface area contributed by atoms with Gasteiger partial charge in [0.05, 0.1) is 0 Å². The molecule has 1 rings (SSSR count). The number of nitrogens with zero attached hydrogens (tertiary/aromatic N) is 1. The Kier molecular flexibility index (Phi) is 6.82. The topological polar surface area (TPSA) is 15.3 Å². The van der Waals surface area contributed by atoms with Crippen LogP contribution in [0.3, 0.4) is 0 Å². The molecule has 1 N–H and O–H groups in total. The zero-order chi connectivity index (χ0) is 16.0. The fourth-order valence-electron chi connectivity index (χ4n) is 3.16. The van der Waals surface area contributed by atoms with E-state index in [0.29, 0.717) is 6.04 Å². The molecule has 1 aromatic rings. The third-order valence-electron chi connectivity index (χ3n) is 4.62. The van der Waals surface area contributed by atoms with E-state index < -0.39 is 0 Å². The number of benzene rings is 1. The molecule has 0 fully saturated rings. The SMILES string of the molecule is CCNC(Cc1cc(F)ccc1C)C(C)(C)N(CC)CC. The normalized spacial score (nSPS) is 13.7. The zero-order valence-electron chi connectivity index (χ0n) is 14.5. The summed E-state index contributed by atoms with van der Waals surface area (Å²) in [6.07, 6.45) is 0.848. The molecule has 0 bridgehead atoms. The van der Waals surface area contributed by atoms with Crippen molar-refractivity contribution in [1.29, 1.82) is 0 Å². The summed E-state index contributed by atoms with van der Waals surface area (Å²) in [5, 5.41) is 3.60. The molecule has 0 saturated carbocycles. The molecule has 1 unspecified atom stereocenters. The second kappa shape index (κ2) is 7.90. The van der Waals surface area contributed by atoms with E-state index >= 15 is 0 Å². The van der Waals surface area contributed by atoms with E-state index in [1.54, 1.807) is 6.07 Å². The molecule has 0 aliphatic heterocycles. The van der Waals surface area contributed by atoms with Crippen LogP contribution in [0.2, 0.25) is 0 Å². The van der Waals surface area contributed by atoms with Gasteiger partial charge in [-0.15, -0.1) is 0 Å². The fraction of sp³-hybridized carbons (Fsp3) is 0.667. The van der Waals surface area contributed by atoms with E-state index in [9.17, 15) is 4.39 Å². The fourth-order valence-corrected chi connectivity index (χ4v) is 3.16. The lowest BCUT2D eigenvalue weighted by molar-refractivity contribution is 0.0917. The Hall–Kier alpha value is -0.930. The number of nitrogens with one attached hydrogen (secondary N) is 1. The molecule has 0 spiro atoms. The van der Waals surface area contributed by atoms with Crippen molar-refractivity contribution >= 4 is 0 Å². The Bertz CT molecular complexity index is 439. The third kappa shape index (κ3) is 4.52. The predicted octanol–water partition coefficient (Wildman–Crippen LogP) is 3.78. The molecule has 0 aliphatic rings. The Morgan fingerprint density at radius 1 is 1.19 bits per heavy atom. The number of hydrogen-bond donors (Lipinski definition) is 1. The minimum Gasteiger partial charge on any atom is -0.312 e. The van der Waals surface area contributed by atoms with Crippen molar-refractivity contribution in [2.75, 3.05) is 19.6 Å². The van der Waals surface area contributed by atoms with Crippen LogP contribution in [0, 0.1) is 12.7 Å². The van der Waals surface area contributed by atoms with Gasteiger partial charge < -0.3 is 5.32 Å². The van der Waals surface area contributed by atoms with Gasteiger partial charge in [-0.25, -0.2) is 4.39 Å². The molecule has 0 aliphatic carbocycles. The molecule has 0 amide bonds. The van der Waals surface area contributed by atoms with Crippen LogP contribution in [0.25, 0.3) is 0 Å². The van der Waals surface area contributed by atoms with Gasteiger partial charge in [0.25, 0.3) is 0 Å². The van der Waals surface area contributed by atoms with Crippen LogP contribution >= 0.6 is 0 Å². The van der Waals surface area contributed by atoms with E-state index in [1.165, 1.54) is 6.07 Å². The monoisotopic (exact) mass is 294 g/mol. The molecule has 120 valence electrons. The first-order valence-electron chi connectivity index (χ1n) is 8.10. The first-order valence-corrected chi connectivity index (χ1v) is 8.10. The second-order valence-electron chi connectivity index (χ2n) is 6.21. The standard InChI is InChI=1S/C18H31FN2/c1-7-20-17(18(5,6)21(8-2)9-3)13-15-12-16(19)11-10-14(15)4/h10-12,17,20H,7-9,13H2,1-6H3. The summed E-state index contributed by atoms with van der Waals surface area (Å²) in [6, 6.07) is 5.38. The van der Waals surface area contributed by atoms with Crippen molar-refractivity contribution < 1.29 is 4.39 Å². The highest BCUT2D eigenvalue weighted by Crippen LogP contribution is 2.23. The maximum Gasteiger partial charge on any atom is 0.123 e. The quantitative estimate of drug-likeness (QED) is 0.785. The van der Waals surface area contributed by atoms with Crippen molar-refractivity contribution in [2.24, 2.45) is 0 Å². The van der Waals surface area contributed by atoms with E-state index in [1.807, 2.05) is 6.07 Å². The summed E-state index contributed by atoms with van der Waals surface area (Å²) >= 11 is 0. The summed E-state index contributed by atoms with van der Waals surface area (Å²) in [6.45, 7) is 16.1. The zero-order valence-corrected chi connectivity index (χ0v) is 14.5. The summed E-state index contributed by atoms with van der Waals surface area (Å²) < 4.78 is 13.5. The van der Waals surface area contributed by atoms with Gasteiger partial charge in [0.2, 0.25) is 0 Å². The van der Waals surface area contributed by atoms with Crippen LogP contribution in [0.1, 0.15) is 45.7 Å². The van der Waals surface area contributed by atoms with Crippen molar-refractivity contribution in [2.45, 2.75) is 59.5 Å². The van der Waals surface area contributed by atoms with Crippen LogP contribution in [0.15, 0.2) is 18.2 Å². The van der Waals surface area contributed by atoms with Crippen LogP contribution < -0.4 is 5.32 Å². The number of rotatable bonds is 8. The first kappa shape index (κ1) is 18.1. The Labute approximate surface area is 129 Å². The molecule has 1 aromatic carbocycles. The highest BCUT2D eigenvalue weighted by molar-refractivity contribution is 5.28. The summed E-state index contributed by atoms with van der Waals surface area (Å²) in [4.78, 5) is 2.47. The number of hydrogen-bond acceptors (Lipinski definition) is 2. The van der Waals surface area contributed by atoms with E-state index in [2.05, 4.69) is 51.8 Å². The lowest BCUT2D eigenvalue weighted by atomic mass is 9.86. The van der Waals surface area contributed by atoms with Crippen molar-refractivity contribution in [3.8, 4) is 0 Å². The Morgan fingerprint density at radius 2 is 1.81 bits per heavy atom. The van der Waals surface area contributed by atoms with Crippen LogP contribution in [-0.4, -0.2) is 36.1 Å². The van der Waals surface area contributed by atoms with Crippen molar-refractivity contribution in [3.05, 3.63) is 35.1 Å². The maximum absolute atomic E-state index is 13.5. The van der Waals surface area contributed by atoms with Gasteiger partial charge >= 0.3 is 0 Å². The average Bonchev–Trinajstić information content (AvgIpc) is 2.43. The lowest BCUT2D eigenvalue weighted by Gasteiger charge is -2.44. The molecular weight excluding hydrogens is 263 g/mol. The number of halogens is 1. The van der Waals surface area contributed by atoms with Crippen LogP contribution in [0.4, 0.5) is 4.39 Å². The van der Waals surface area contributed by atoms with E-state index in [4.69, 9.17) is 0 Å². The largest absolute Gasteiger partial charge is 0.312 e. The van der Waals surface area contributed by atoms with E-state index in [-0.39, 0.29) is 11.4 Å². The first-order chi connectivity index (χ1) is 9.86. The predicted molar refractivity (Wildman–Crippen MR) is 89.3 cm³/mol. The van der Waals surface area contributed by atoms with Gasteiger partial charge in [-0.3, -0.25) is 4.90 Å². The van der Waals surface area contributed by atoms with Crippen LogP contribution in [-0.2, 0) is 6.42 Å². The molecule has 3 heteroatoms. The summed E-state index contributed by atoms with van der Waals surface area (Å²) in [5.41, 5.74) is 2.29. The lowest BCUT2D eigenvalue weighted by Crippen LogP contribution is -2.58. The van der Waals surface area contributed by atoms with Crippen molar-refractivity contribution in [3.63, 3.8) is 0 Å². The van der Waals surface area contributed by atoms with E-state index in [0.717, 1.165) is 37.2 Å². The van der Waals surface area contributed by atoms with Gasteiger partial charge in [0.15, 0.2) is 0 Å². The number of aryl methyl sites for hydroxylation is 1.